The lowest BCUT2D eigenvalue weighted by Crippen LogP contribution is -2.37. The molecule has 0 N–H and O–H groups in total. The van der Waals surface area contributed by atoms with Crippen molar-refractivity contribution in [1.82, 2.24) is 14.8 Å². The molecule has 0 aliphatic carbocycles. The van der Waals surface area contributed by atoms with Crippen LogP contribution in [0.4, 0.5) is 10.3 Å². The molecular weight excluding hydrogens is 347 g/mol. The van der Waals surface area contributed by atoms with Gasteiger partial charge in [-0.3, -0.25) is 9.36 Å². The second-order valence-corrected chi connectivity index (χ2v) is 6.93. The molecule has 9 heteroatoms. The Kier molecular flexibility index (Phi) is 4.58. The predicted molar refractivity (Wildman–Crippen MR) is 89.6 cm³/mol. The number of ether oxygens (including phenoxy) is 2. The zero-order chi connectivity index (χ0) is 17.2. The molecule has 0 bridgehead atoms. The first-order valence-electron chi connectivity index (χ1n) is 8.10. The van der Waals surface area contributed by atoms with Gasteiger partial charge >= 0.3 is 5.97 Å². The molecule has 7 nitrogen and oxygen atoms in total. The van der Waals surface area contributed by atoms with Crippen molar-refractivity contribution in [3.05, 3.63) is 30.1 Å². The van der Waals surface area contributed by atoms with E-state index < -0.39 is 0 Å². The molecule has 1 aromatic heterocycles. The van der Waals surface area contributed by atoms with Gasteiger partial charge in [0.2, 0.25) is 5.95 Å². The summed E-state index contributed by atoms with van der Waals surface area (Å²) in [5.41, 5.74) is 0.625. The number of aromatic nitrogens is 3. The van der Waals surface area contributed by atoms with Crippen LogP contribution in [-0.4, -0.2) is 58.9 Å². The summed E-state index contributed by atoms with van der Waals surface area (Å²) in [5.74, 6) is 0.0461. The van der Waals surface area contributed by atoms with Gasteiger partial charge in [0.25, 0.3) is 0 Å². The van der Waals surface area contributed by atoms with Gasteiger partial charge in [-0.05, 0) is 18.2 Å². The second-order valence-electron chi connectivity index (χ2n) is 5.76. The van der Waals surface area contributed by atoms with Gasteiger partial charge in [-0.2, -0.15) is 0 Å². The quantitative estimate of drug-likeness (QED) is 0.764. The summed E-state index contributed by atoms with van der Waals surface area (Å²) in [4.78, 5) is 13.9. The zero-order valence-corrected chi connectivity index (χ0v) is 14.2. The molecule has 0 unspecified atom stereocenters. The third-order valence-electron chi connectivity index (χ3n) is 4.11. The van der Waals surface area contributed by atoms with E-state index in [1.54, 1.807) is 16.7 Å². The van der Waals surface area contributed by atoms with Gasteiger partial charge in [0.1, 0.15) is 11.1 Å². The van der Waals surface area contributed by atoms with E-state index in [0.717, 1.165) is 0 Å². The lowest BCUT2D eigenvalue weighted by atomic mass is 10.3. The van der Waals surface area contributed by atoms with Crippen LogP contribution < -0.4 is 4.90 Å². The summed E-state index contributed by atoms with van der Waals surface area (Å²) in [7, 11) is 0. The van der Waals surface area contributed by atoms with Crippen molar-refractivity contribution in [2.45, 2.75) is 16.8 Å². The van der Waals surface area contributed by atoms with Crippen LogP contribution >= 0.6 is 11.8 Å². The highest BCUT2D eigenvalue weighted by Crippen LogP contribution is 2.33. The van der Waals surface area contributed by atoms with E-state index in [4.69, 9.17) is 9.47 Å². The number of hydrogen-bond donors (Lipinski definition) is 0. The van der Waals surface area contributed by atoms with E-state index in [2.05, 4.69) is 15.1 Å². The van der Waals surface area contributed by atoms with Gasteiger partial charge in [-0.1, -0.05) is 17.8 Å². The van der Waals surface area contributed by atoms with Crippen molar-refractivity contribution in [3.8, 4) is 5.69 Å². The number of carbonyl (C=O) groups is 1. The molecule has 0 radical (unpaired) electrons. The highest BCUT2D eigenvalue weighted by atomic mass is 32.2. The Labute approximate surface area is 148 Å². The zero-order valence-electron chi connectivity index (χ0n) is 13.4. The first-order chi connectivity index (χ1) is 12.2. The Morgan fingerprint density at radius 1 is 1.20 bits per heavy atom. The maximum Gasteiger partial charge on any atom is 0.319 e. The van der Waals surface area contributed by atoms with E-state index in [9.17, 15) is 9.18 Å². The normalized spacial score (nSPS) is 20.8. The Morgan fingerprint density at radius 2 is 2.04 bits per heavy atom. The minimum Gasteiger partial charge on any atom is -0.465 e. The molecule has 0 spiro atoms. The third-order valence-corrected chi connectivity index (χ3v) is 5.30. The summed E-state index contributed by atoms with van der Waals surface area (Å²) >= 11 is 1.31. The standard InChI is InChI=1S/C16H17FN4O3S/c17-11-2-1-3-12(10-11)21-15(20-5-8-23-9-6-20)18-19-16(21)25-13-4-7-24-14(13)22/h1-3,10,13H,4-9H2/t13-/m0/s1. The summed E-state index contributed by atoms with van der Waals surface area (Å²) in [6.45, 7) is 3.00. The third kappa shape index (κ3) is 3.34. The molecule has 1 aromatic carbocycles. The Morgan fingerprint density at radius 3 is 2.76 bits per heavy atom. The minimum absolute atomic E-state index is 0.244. The Bertz CT molecular complexity index is 778. The van der Waals surface area contributed by atoms with Gasteiger partial charge in [-0.15, -0.1) is 10.2 Å². The van der Waals surface area contributed by atoms with Crippen molar-refractivity contribution in [3.63, 3.8) is 0 Å². The van der Waals surface area contributed by atoms with Gasteiger partial charge in [-0.25, -0.2) is 4.39 Å². The van der Waals surface area contributed by atoms with Gasteiger partial charge in [0, 0.05) is 19.5 Å². The molecule has 3 heterocycles. The average molecular weight is 364 g/mol. The number of thioether (sulfide) groups is 1. The fourth-order valence-corrected chi connectivity index (χ4v) is 3.87. The maximum atomic E-state index is 13.8. The first kappa shape index (κ1) is 16.3. The van der Waals surface area contributed by atoms with Crippen molar-refractivity contribution >= 4 is 23.7 Å². The Balaban J connectivity index is 1.73. The van der Waals surface area contributed by atoms with E-state index in [1.165, 1.54) is 23.9 Å². The number of esters is 1. The van der Waals surface area contributed by atoms with Crippen LogP contribution in [0.1, 0.15) is 6.42 Å². The summed E-state index contributed by atoms with van der Waals surface area (Å²) in [5, 5.41) is 8.80. The minimum atomic E-state index is -0.338. The molecule has 2 aliphatic heterocycles. The van der Waals surface area contributed by atoms with Gasteiger partial charge < -0.3 is 14.4 Å². The number of nitrogens with zero attached hydrogens (tertiary/aromatic N) is 4. The maximum absolute atomic E-state index is 13.8. The summed E-state index contributed by atoms with van der Waals surface area (Å²) in [6.07, 6.45) is 0.631. The number of rotatable bonds is 4. The molecule has 2 aliphatic rings. The van der Waals surface area contributed by atoms with Crippen LogP contribution in [-0.2, 0) is 14.3 Å². The lowest BCUT2D eigenvalue weighted by Gasteiger charge is -2.28. The van der Waals surface area contributed by atoms with E-state index in [0.29, 0.717) is 56.1 Å². The first-order valence-corrected chi connectivity index (χ1v) is 8.98. The molecule has 0 saturated carbocycles. The van der Waals surface area contributed by atoms with Crippen LogP contribution in [0.15, 0.2) is 29.4 Å². The second kappa shape index (κ2) is 7.01. The molecule has 4 rings (SSSR count). The van der Waals surface area contributed by atoms with E-state index in [-0.39, 0.29) is 17.0 Å². The number of hydrogen-bond acceptors (Lipinski definition) is 7. The number of cyclic esters (lactones) is 1. The number of morpholine rings is 1. The fraction of sp³-hybridized carbons (Fsp3) is 0.438. The fourth-order valence-electron chi connectivity index (χ4n) is 2.86. The molecule has 0 amide bonds. The number of carbonyl (C=O) groups excluding carboxylic acids is 1. The topological polar surface area (TPSA) is 69.5 Å². The number of halogens is 1. The smallest absolute Gasteiger partial charge is 0.319 e. The van der Waals surface area contributed by atoms with Crippen molar-refractivity contribution in [2.24, 2.45) is 0 Å². The SMILES string of the molecule is O=C1OCC[C@@H]1Sc1nnc(N2CCOCC2)n1-c1cccc(F)c1. The van der Waals surface area contributed by atoms with Crippen LogP contribution in [0.2, 0.25) is 0 Å². The molecule has 2 saturated heterocycles. The van der Waals surface area contributed by atoms with Crippen LogP contribution in [0.5, 0.6) is 0 Å². The molecule has 2 fully saturated rings. The lowest BCUT2D eigenvalue weighted by molar-refractivity contribution is -0.137. The van der Waals surface area contributed by atoms with Gasteiger partial charge in [0.15, 0.2) is 5.16 Å². The van der Waals surface area contributed by atoms with Crippen LogP contribution in [0.3, 0.4) is 0 Å². The monoisotopic (exact) mass is 364 g/mol. The molecule has 2 aromatic rings. The number of benzene rings is 1. The largest absolute Gasteiger partial charge is 0.465 e. The highest BCUT2D eigenvalue weighted by Gasteiger charge is 2.31. The molecule has 25 heavy (non-hydrogen) atoms. The average Bonchev–Trinajstić information content (AvgIpc) is 3.23. The Hall–Kier alpha value is -2.13. The molecular formula is C16H17FN4O3S. The van der Waals surface area contributed by atoms with Crippen molar-refractivity contribution < 1.29 is 18.7 Å². The predicted octanol–water partition coefficient (Wildman–Crippen LogP) is 1.65. The summed E-state index contributed by atoms with van der Waals surface area (Å²) in [6, 6.07) is 6.27. The van der Waals surface area contributed by atoms with Crippen LogP contribution in [0.25, 0.3) is 5.69 Å². The van der Waals surface area contributed by atoms with E-state index in [1.807, 2.05) is 0 Å². The summed E-state index contributed by atoms with van der Waals surface area (Å²) < 4.78 is 26.0. The molecule has 1 atom stereocenters. The molecule has 132 valence electrons. The van der Waals surface area contributed by atoms with Crippen molar-refractivity contribution in [1.29, 1.82) is 0 Å². The van der Waals surface area contributed by atoms with E-state index >= 15 is 0 Å². The van der Waals surface area contributed by atoms with Gasteiger partial charge in [0.05, 0.1) is 25.5 Å². The highest BCUT2D eigenvalue weighted by molar-refractivity contribution is 8.00. The van der Waals surface area contributed by atoms with Crippen LogP contribution in [0, 0.1) is 5.82 Å². The number of anilines is 1. The van der Waals surface area contributed by atoms with Crippen molar-refractivity contribution in [2.75, 3.05) is 37.8 Å².